The van der Waals surface area contributed by atoms with E-state index in [2.05, 4.69) is 10.2 Å². The molecule has 0 spiro atoms. The van der Waals surface area contributed by atoms with Gasteiger partial charge in [0.15, 0.2) is 0 Å². The zero-order chi connectivity index (χ0) is 11.2. The van der Waals surface area contributed by atoms with Gasteiger partial charge in [0.1, 0.15) is 13.2 Å². The van der Waals surface area contributed by atoms with Crippen molar-refractivity contribution in [3.63, 3.8) is 0 Å². The van der Waals surface area contributed by atoms with Gasteiger partial charge in [-0.3, -0.25) is 0 Å². The lowest BCUT2D eigenvalue weighted by Gasteiger charge is -2.17. The minimum absolute atomic E-state index is 0.0611. The summed E-state index contributed by atoms with van der Waals surface area (Å²) in [5.74, 6) is 1.94. The third-order valence-electron chi connectivity index (χ3n) is 3.35. The van der Waals surface area contributed by atoms with Crippen molar-refractivity contribution in [1.29, 1.82) is 0 Å². The van der Waals surface area contributed by atoms with E-state index in [9.17, 15) is 4.57 Å². The number of nitrogens with zero attached hydrogens (tertiary/aromatic N) is 2. The minimum Gasteiger partial charge on any atom is -0.314 e. The van der Waals surface area contributed by atoms with E-state index in [1.807, 2.05) is 43.1 Å². The van der Waals surface area contributed by atoms with Gasteiger partial charge in [0.2, 0.25) is 0 Å². The first-order valence-corrected chi connectivity index (χ1v) is 7.27. The van der Waals surface area contributed by atoms with Gasteiger partial charge < -0.3 is 4.57 Å². The van der Waals surface area contributed by atoms with Crippen LogP contribution < -0.4 is 5.30 Å². The van der Waals surface area contributed by atoms with E-state index in [-0.39, 0.29) is 11.7 Å². The molecule has 0 fully saturated rings. The Balaban J connectivity index is 2.11. The fourth-order valence-corrected chi connectivity index (χ4v) is 5.67. The van der Waals surface area contributed by atoms with Crippen LogP contribution in [0.2, 0.25) is 0 Å². The Labute approximate surface area is 94.7 Å². The summed E-state index contributed by atoms with van der Waals surface area (Å²) >= 11 is 0. The lowest BCUT2D eigenvalue weighted by Crippen LogP contribution is -2.22. The second-order valence-electron chi connectivity index (χ2n) is 4.37. The van der Waals surface area contributed by atoms with Gasteiger partial charge in [-0.2, -0.15) is 10.2 Å². The number of benzene rings is 1. The Morgan fingerprint density at radius 2 is 2.06 bits per heavy atom. The first kappa shape index (κ1) is 9.98. The third kappa shape index (κ3) is 1.24. The van der Waals surface area contributed by atoms with Gasteiger partial charge in [0, 0.05) is 5.30 Å². The first-order valence-electron chi connectivity index (χ1n) is 5.43. The molecule has 2 aliphatic rings. The molecule has 0 aromatic heterocycles. The summed E-state index contributed by atoms with van der Waals surface area (Å²) in [7, 11) is -2.43. The van der Waals surface area contributed by atoms with Gasteiger partial charge in [-0.25, -0.2) is 0 Å². The molecule has 0 unspecified atom stereocenters. The molecule has 0 bridgehead atoms. The van der Waals surface area contributed by atoms with Crippen molar-refractivity contribution in [2.75, 3.05) is 6.54 Å². The number of hydrogen-bond acceptors (Lipinski definition) is 3. The van der Waals surface area contributed by atoms with E-state index in [0.29, 0.717) is 6.54 Å². The van der Waals surface area contributed by atoms with E-state index in [0.717, 1.165) is 10.9 Å². The van der Waals surface area contributed by atoms with Crippen molar-refractivity contribution >= 4 is 12.4 Å². The van der Waals surface area contributed by atoms with Crippen LogP contribution in [-0.2, 0) is 4.57 Å². The zero-order valence-corrected chi connectivity index (χ0v) is 9.97. The third-order valence-corrected chi connectivity index (χ3v) is 6.68. The fourth-order valence-electron chi connectivity index (χ4n) is 2.52. The molecule has 0 saturated heterocycles. The molecule has 2 heterocycles. The molecule has 3 nitrogen and oxygen atoms in total. The topological polar surface area (TPSA) is 41.8 Å². The molecule has 0 saturated carbocycles. The lowest BCUT2D eigenvalue weighted by molar-refractivity contribution is 0.578. The van der Waals surface area contributed by atoms with Crippen molar-refractivity contribution < 1.29 is 4.57 Å². The van der Waals surface area contributed by atoms with E-state index in [4.69, 9.17) is 0 Å². The van der Waals surface area contributed by atoms with Gasteiger partial charge in [0.25, 0.3) is 0 Å². The second kappa shape index (κ2) is 3.39. The second-order valence-corrected chi connectivity index (χ2v) is 7.23. The maximum Gasteiger partial charge on any atom is 0.143 e. The highest BCUT2D eigenvalue weighted by Gasteiger charge is 2.47. The standard InChI is InChI=1S/C12H13N2OP/c1-9-8-16(15,10-5-3-2-4-6-10)11-7-13-14-12(9)11/h2-6,8,11-12H,7H2,1H3/t11-,12-,16-/m1/s1. The van der Waals surface area contributed by atoms with Gasteiger partial charge in [-0.15, -0.1) is 0 Å². The Morgan fingerprint density at radius 3 is 2.81 bits per heavy atom. The summed E-state index contributed by atoms with van der Waals surface area (Å²) in [6.07, 6.45) is 0. The van der Waals surface area contributed by atoms with Crippen LogP contribution in [0, 0.1) is 0 Å². The van der Waals surface area contributed by atoms with Crippen molar-refractivity contribution in [1.82, 2.24) is 0 Å². The average molecular weight is 232 g/mol. The quantitative estimate of drug-likeness (QED) is 0.686. The summed E-state index contributed by atoms with van der Waals surface area (Å²) < 4.78 is 13.0. The molecule has 0 amide bonds. The highest BCUT2D eigenvalue weighted by molar-refractivity contribution is 7.75. The zero-order valence-electron chi connectivity index (χ0n) is 9.08. The largest absolute Gasteiger partial charge is 0.314 e. The van der Waals surface area contributed by atoms with Crippen LogP contribution in [0.25, 0.3) is 0 Å². The molecule has 3 rings (SSSR count). The molecule has 16 heavy (non-hydrogen) atoms. The van der Waals surface area contributed by atoms with Crippen molar-refractivity contribution in [3.05, 3.63) is 41.7 Å². The van der Waals surface area contributed by atoms with Gasteiger partial charge in [-0.1, -0.05) is 30.3 Å². The molecule has 82 valence electrons. The van der Waals surface area contributed by atoms with Crippen LogP contribution >= 0.6 is 7.14 Å². The van der Waals surface area contributed by atoms with Crippen LogP contribution in [0.1, 0.15) is 6.92 Å². The average Bonchev–Trinajstić information content (AvgIpc) is 2.86. The highest BCUT2D eigenvalue weighted by Crippen LogP contribution is 2.60. The normalized spacial score (nSPS) is 36.2. The van der Waals surface area contributed by atoms with Crippen molar-refractivity contribution in [3.8, 4) is 0 Å². The molecule has 2 aliphatic heterocycles. The monoisotopic (exact) mass is 232 g/mol. The molecular weight excluding hydrogens is 219 g/mol. The molecule has 1 aromatic carbocycles. The summed E-state index contributed by atoms with van der Waals surface area (Å²) in [4.78, 5) is 0. The molecular formula is C12H13N2OP. The summed E-state index contributed by atoms with van der Waals surface area (Å²) in [6, 6.07) is 9.79. The van der Waals surface area contributed by atoms with E-state index in [1.54, 1.807) is 0 Å². The molecule has 0 N–H and O–H groups in total. The van der Waals surface area contributed by atoms with Crippen LogP contribution in [0.15, 0.2) is 52.0 Å². The van der Waals surface area contributed by atoms with Crippen LogP contribution in [0.3, 0.4) is 0 Å². The maximum absolute atomic E-state index is 13.0. The molecule has 0 radical (unpaired) electrons. The number of rotatable bonds is 1. The van der Waals surface area contributed by atoms with Gasteiger partial charge in [0.05, 0.1) is 12.2 Å². The Morgan fingerprint density at radius 1 is 1.31 bits per heavy atom. The summed E-state index contributed by atoms with van der Waals surface area (Å²) in [5.41, 5.74) is 1.19. The van der Waals surface area contributed by atoms with E-state index >= 15 is 0 Å². The predicted molar refractivity (Wildman–Crippen MR) is 64.7 cm³/mol. The Kier molecular flexibility index (Phi) is 2.11. The Bertz CT molecular complexity index is 521. The summed E-state index contributed by atoms with van der Waals surface area (Å²) in [6.45, 7) is 2.61. The van der Waals surface area contributed by atoms with Crippen LogP contribution in [-0.4, -0.2) is 18.2 Å². The minimum atomic E-state index is -2.43. The van der Waals surface area contributed by atoms with Crippen molar-refractivity contribution in [2.24, 2.45) is 10.2 Å². The van der Waals surface area contributed by atoms with Crippen molar-refractivity contribution in [2.45, 2.75) is 18.6 Å². The maximum atomic E-state index is 13.0. The lowest BCUT2D eigenvalue weighted by atomic mass is 10.1. The Hall–Kier alpha value is -1.21. The first-order chi connectivity index (χ1) is 7.72. The SMILES string of the molecule is CC1=C[P@@](=O)(c2ccccc2)[C@@H]2CN=N[C@H]12. The highest BCUT2D eigenvalue weighted by atomic mass is 31.2. The van der Waals surface area contributed by atoms with Gasteiger partial charge >= 0.3 is 0 Å². The van der Waals surface area contributed by atoms with Gasteiger partial charge in [-0.05, 0) is 18.3 Å². The molecule has 3 atom stereocenters. The number of fused-ring (bicyclic) bond motifs is 1. The van der Waals surface area contributed by atoms with E-state index < -0.39 is 7.14 Å². The number of azo groups is 1. The fraction of sp³-hybridized carbons (Fsp3) is 0.333. The molecule has 1 aromatic rings. The predicted octanol–water partition coefficient (Wildman–Crippen LogP) is 2.80. The van der Waals surface area contributed by atoms with Crippen LogP contribution in [0.4, 0.5) is 0 Å². The van der Waals surface area contributed by atoms with Crippen LogP contribution in [0.5, 0.6) is 0 Å². The van der Waals surface area contributed by atoms with E-state index in [1.165, 1.54) is 0 Å². The summed E-state index contributed by atoms with van der Waals surface area (Å²) in [5, 5.41) is 9.17. The molecule has 4 heteroatoms. The smallest absolute Gasteiger partial charge is 0.143 e. The molecule has 0 aliphatic carbocycles. The number of hydrogen-bond donors (Lipinski definition) is 0.